The van der Waals surface area contributed by atoms with Gasteiger partial charge >= 0.3 is 0 Å². The molecule has 0 amide bonds. The van der Waals surface area contributed by atoms with E-state index in [1.54, 1.807) is 15.9 Å². The number of sulfone groups is 1. The molecule has 0 radical (unpaired) electrons. The molecule has 1 N–H and O–H groups in total. The van der Waals surface area contributed by atoms with Crippen LogP contribution in [0.3, 0.4) is 0 Å². The minimum absolute atomic E-state index is 0.129. The molecule has 0 atom stereocenters. The fourth-order valence-corrected chi connectivity index (χ4v) is 4.81. The molecule has 0 aromatic carbocycles. The van der Waals surface area contributed by atoms with Crippen molar-refractivity contribution in [1.82, 2.24) is 19.8 Å². The first-order valence-electron chi connectivity index (χ1n) is 7.33. The van der Waals surface area contributed by atoms with E-state index in [1.165, 1.54) is 0 Å². The molecule has 1 saturated heterocycles. The molecule has 120 valence electrons. The molecule has 23 heavy (non-hydrogen) atoms. The molecule has 0 spiro atoms. The number of hydrogen-bond donors (Lipinski definition) is 1. The SMILES string of the molecule is O=S1(=O)CCC(Nc2ccc3nnc(-c4ccsc4)n3n2)CC1. The van der Waals surface area contributed by atoms with Crippen molar-refractivity contribution >= 4 is 32.6 Å². The Hall–Kier alpha value is -2.00. The Kier molecular flexibility index (Phi) is 3.53. The van der Waals surface area contributed by atoms with E-state index in [1.807, 2.05) is 29.0 Å². The maximum absolute atomic E-state index is 11.5. The number of hydrogen-bond acceptors (Lipinski definition) is 7. The second-order valence-corrected chi connectivity index (χ2v) is 8.68. The average molecular weight is 349 g/mol. The molecule has 3 aromatic rings. The van der Waals surface area contributed by atoms with Crippen LogP contribution in [0.4, 0.5) is 5.82 Å². The molecular formula is C14H15N5O2S2. The molecule has 3 aromatic heterocycles. The van der Waals surface area contributed by atoms with Crippen molar-refractivity contribution in [2.75, 3.05) is 16.8 Å². The third kappa shape index (κ3) is 2.93. The van der Waals surface area contributed by atoms with Crippen LogP contribution >= 0.6 is 11.3 Å². The highest BCUT2D eigenvalue weighted by atomic mass is 32.2. The monoisotopic (exact) mass is 349 g/mol. The van der Waals surface area contributed by atoms with E-state index in [9.17, 15) is 8.42 Å². The lowest BCUT2D eigenvalue weighted by atomic mass is 10.1. The minimum Gasteiger partial charge on any atom is -0.366 e. The van der Waals surface area contributed by atoms with Gasteiger partial charge in [0, 0.05) is 17.0 Å². The Morgan fingerprint density at radius 2 is 2.00 bits per heavy atom. The first-order valence-corrected chi connectivity index (χ1v) is 10.1. The molecule has 0 unspecified atom stereocenters. The molecule has 0 saturated carbocycles. The summed E-state index contributed by atoms with van der Waals surface area (Å²) in [6.45, 7) is 0. The van der Waals surface area contributed by atoms with Crippen LogP contribution < -0.4 is 5.32 Å². The number of thiophene rings is 1. The van der Waals surface area contributed by atoms with Gasteiger partial charge in [0.25, 0.3) is 0 Å². The summed E-state index contributed by atoms with van der Waals surface area (Å²) in [7, 11) is -2.85. The van der Waals surface area contributed by atoms with E-state index < -0.39 is 9.84 Å². The van der Waals surface area contributed by atoms with Gasteiger partial charge in [0.05, 0.1) is 11.5 Å². The molecule has 1 aliphatic heterocycles. The minimum atomic E-state index is -2.85. The van der Waals surface area contributed by atoms with E-state index in [2.05, 4.69) is 20.6 Å². The molecule has 4 rings (SSSR count). The summed E-state index contributed by atoms with van der Waals surface area (Å²) in [5, 5.41) is 20.2. The van der Waals surface area contributed by atoms with Crippen molar-refractivity contribution in [3.05, 3.63) is 29.0 Å². The lowest BCUT2D eigenvalue weighted by Gasteiger charge is -2.23. The Labute approximate surface area is 137 Å². The summed E-state index contributed by atoms with van der Waals surface area (Å²) in [4.78, 5) is 0. The van der Waals surface area contributed by atoms with E-state index in [-0.39, 0.29) is 17.5 Å². The normalized spacial score (nSPS) is 18.3. The molecule has 1 fully saturated rings. The van der Waals surface area contributed by atoms with Crippen LogP contribution in [0, 0.1) is 0 Å². The smallest absolute Gasteiger partial charge is 0.186 e. The van der Waals surface area contributed by atoms with Gasteiger partial charge in [-0.1, -0.05) is 0 Å². The van der Waals surface area contributed by atoms with Crippen molar-refractivity contribution in [3.63, 3.8) is 0 Å². The summed E-state index contributed by atoms with van der Waals surface area (Å²) in [5.74, 6) is 1.88. The van der Waals surface area contributed by atoms with E-state index in [0.29, 0.717) is 30.1 Å². The van der Waals surface area contributed by atoms with Gasteiger partial charge in [-0.05, 0) is 36.4 Å². The second-order valence-electron chi connectivity index (χ2n) is 5.59. The van der Waals surface area contributed by atoms with Gasteiger partial charge < -0.3 is 5.32 Å². The molecule has 7 nitrogen and oxygen atoms in total. The average Bonchev–Trinajstić information content (AvgIpc) is 3.18. The Bertz CT molecular complexity index is 919. The number of rotatable bonds is 3. The molecule has 9 heteroatoms. The van der Waals surface area contributed by atoms with Crippen LogP contribution in [-0.2, 0) is 9.84 Å². The summed E-state index contributed by atoms with van der Waals surface area (Å²) in [6.07, 6.45) is 1.23. The van der Waals surface area contributed by atoms with Gasteiger partial charge in [0.15, 0.2) is 11.5 Å². The standard InChI is InChI=1S/C14H15N5O2S2/c20-23(21)7-4-11(5-8-23)15-12-1-2-13-16-17-14(19(13)18-12)10-3-6-22-9-10/h1-3,6,9,11H,4-5,7-8H2,(H,15,18). The zero-order valence-corrected chi connectivity index (χ0v) is 13.8. The van der Waals surface area contributed by atoms with Crippen molar-refractivity contribution in [1.29, 1.82) is 0 Å². The maximum atomic E-state index is 11.5. The van der Waals surface area contributed by atoms with Crippen molar-refractivity contribution in [3.8, 4) is 11.4 Å². The predicted molar refractivity (Wildman–Crippen MR) is 89.4 cm³/mol. The molecule has 0 bridgehead atoms. The predicted octanol–water partition coefficient (Wildman–Crippen LogP) is 1.84. The van der Waals surface area contributed by atoms with Gasteiger partial charge in [0.2, 0.25) is 0 Å². The van der Waals surface area contributed by atoms with E-state index in [4.69, 9.17) is 0 Å². The van der Waals surface area contributed by atoms with Crippen LogP contribution in [-0.4, -0.2) is 45.8 Å². The molecular weight excluding hydrogens is 334 g/mol. The number of nitrogens with zero attached hydrogens (tertiary/aromatic N) is 4. The second kappa shape index (κ2) is 5.57. The third-order valence-electron chi connectivity index (χ3n) is 3.95. The Morgan fingerprint density at radius 1 is 1.17 bits per heavy atom. The van der Waals surface area contributed by atoms with Crippen LogP contribution in [0.25, 0.3) is 17.0 Å². The number of nitrogens with one attached hydrogen (secondary N) is 1. The van der Waals surface area contributed by atoms with Crippen LogP contribution in [0.2, 0.25) is 0 Å². The summed E-state index contributed by atoms with van der Waals surface area (Å²) in [5.41, 5.74) is 1.67. The van der Waals surface area contributed by atoms with E-state index >= 15 is 0 Å². The molecule has 0 aliphatic carbocycles. The van der Waals surface area contributed by atoms with Crippen LogP contribution in [0.15, 0.2) is 29.0 Å². The third-order valence-corrected chi connectivity index (χ3v) is 6.35. The van der Waals surface area contributed by atoms with Gasteiger partial charge in [-0.25, -0.2) is 8.42 Å². The fraction of sp³-hybridized carbons (Fsp3) is 0.357. The first kappa shape index (κ1) is 14.6. The highest BCUT2D eigenvalue weighted by Gasteiger charge is 2.23. The van der Waals surface area contributed by atoms with Crippen molar-refractivity contribution < 1.29 is 8.42 Å². The summed E-state index contributed by atoms with van der Waals surface area (Å²) >= 11 is 1.60. The summed E-state index contributed by atoms with van der Waals surface area (Å²) < 4.78 is 24.7. The quantitative estimate of drug-likeness (QED) is 0.776. The Morgan fingerprint density at radius 3 is 2.74 bits per heavy atom. The highest BCUT2D eigenvalue weighted by molar-refractivity contribution is 7.91. The van der Waals surface area contributed by atoms with Crippen LogP contribution in [0.5, 0.6) is 0 Å². The maximum Gasteiger partial charge on any atom is 0.186 e. The van der Waals surface area contributed by atoms with Crippen LogP contribution in [0.1, 0.15) is 12.8 Å². The topological polar surface area (TPSA) is 89.2 Å². The lowest BCUT2D eigenvalue weighted by Crippen LogP contribution is -2.32. The van der Waals surface area contributed by atoms with E-state index in [0.717, 1.165) is 5.56 Å². The molecule has 1 aliphatic rings. The number of aromatic nitrogens is 4. The molecule has 4 heterocycles. The van der Waals surface area contributed by atoms with Crippen molar-refractivity contribution in [2.24, 2.45) is 0 Å². The van der Waals surface area contributed by atoms with Crippen molar-refractivity contribution in [2.45, 2.75) is 18.9 Å². The van der Waals surface area contributed by atoms with Gasteiger partial charge in [-0.3, -0.25) is 0 Å². The summed E-state index contributed by atoms with van der Waals surface area (Å²) in [6, 6.07) is 5.82. The zero-order valence-electron chi connectivity index (χ0n) is 12.2. The van der Waals surface area contributed by atoms with Gasteiger partial charge in [-0.15, -0.1) is 15.3 Å². The largest absolute Gasteiger partial charge is 0.366 e. The Balaban J connectivity index is 1.60. The fourth-order valence-electron chi connectivity index (χ4n) is 2.68. The van der Waals surface area contributed by atoms with Gasteiger partial charge in [-0.2, -0.15) is 15.9 Å². The number of fused-ring (bicyclic) bond motifs is 1. The zero-order chi connectivity index (χ0) is 15.9. The van der Waals surface area contributed by atoms with Gasteiger partial charge in [0.1, 0.15) is 15.7 Å². The number of anilines is 1. The lowest BCUT2D eigenvalue weighted by molar-refractivity contribution is 0.558. The first-order chi connectivity index (χ1) is 11.1. The highest BCUT2D eigenvalue weighted by Crippen LogP contribution is 2.22.